The smallest absolute Gasteiger partial charge is 0.326 e. The van der Waals surface area contributed by atoms with E-state index in [1.54, 1.807) is 19.1 Å². The Labute approximate surface area is 108 Å². The van der Waals surface area contributed by atoms with Gasteiger partial charge in [0, 0.05) is 5.39 Å². The summed E-state index contributed by atoms with van der Waals surface area (Å²) in [5.41, 5.74) is 0.371. The number of aromatic nitrogens is 1. The first-order chi connectivity index (χ1) is 9.02. The molecule has 0 radical (unpaired) electrons. The number of nitrogens with one attached hydrogen (secondary N) is 2. The fourth-order valence-electron chi connectivity index (χ4n) is 1.82. The lowest BCUT2D eigenvalue weighted by Crippen LogP contribution is -2.40. The maximum absolute atomic E-state index is 13.5. The molecule has 1 atom stereocenters. The molecule has 3 N–H and O–H groups in total. The van der Waals surface area contributed by atoms with E-state index in [4.69, 9.17) is 5.11 Å². The van der Waals surface area contributed by atoms with Crippen molar-refractivity contribution in [3.63, 3.8) is 0 Å². The van der Waals surface area contributed by atoms with Crippen LogP contribution in [0.4, 0.5) is 4.39 Å². The molecule has 1 amide bonds. The molecule has 5 nitrogen and oxygen atoms in total. The molecule has 100 valence electrons. The fourth-order valence-corrected chi connectivity index (χ4v) is 1.82. The standard InChI is InChI=1S/C13H13FN2O3/c1-2-9(13(18)19)16-12(17)10-6-7-4-3-5-8(14)11(7)15-10/h3-6,9,15H,2H2,1H3,(H,16,17)(H,18,19). The summed E-state index contributed by atoms with van der Waals surface area (Å²) >= 11 is 0. The molecule has 1 aromatic heterocycles. The fraction of sp³-hybridized carbons (Fsp3) is 0.231. The first-order valence-corrected chi connectivity index (χ1v) is 5.83. The summed E-state index contributed by atoms with van der Waals surface area (Å²) in [7, 11) is 0. The number of hydrogen-bond acceptors (Lipinski definition) is 2. The van der Waals surface area contributed by atoms with E-state index in [1.165, 1.54) is 12.1 Å². The van der Waals surface area contributed by atoms with Crippen molar-refractivity contribution in [3.8, 4) is 0 Å². The van der Waals surface area contributed by atoms with Gasteiger partial charge in [-0.2, -0.15) is 0 Å². The minimum atomic E-state index is -1.10. The molecule has 1 unspecified atom stereocenters. The van der Waals surface area contributed by atoms with Crippen LogP contribution in [0.2, 0.25) is 0 Å². The Hall–Kier alpha value is -2.37. The van der Waals surface area contributed by atoms with Crippen molar-refractivity contribution in [2.75, 3.05) is 0 Å². The molecule has 0 aliphatic carbocycles. The molecule has 6 heteroatoms. The number of amides is 1. The zero-order valence-electron chi connectivity index (χ0n) is 10.2. The normalized spacial score (nSPS) is 12.3. The molecule has 0 saturated carbocycles. The molecule has 0 fully saturated rings. The summed E-state index contributed by atoms with van der Waals surface area (Å²) < 4.78 is 13.5. The van der Waals surface area contributed by atoms with E-state index in [0.717, 1.165) is 0 Å². The van der Waals surface area contributed by atoms with Crippen molar-refractivity contribution in [2.24, 2.45) is 0 Å². The number of para-hydroxylation sites is 1. The maximum atomic E-state index is 13.5. The number of hydrogen-bond donors (Lipinski definition) is 3. The van der Waals surface area contributed by atoms with Crippen LogP contribution < -0.4 is 5.32 Å². The van der Waals surface area contributed by atoms with Gasteiger partial charge in [0.1, 0.15) is 17.6 Å². The van der Waals surface area contributed by atoms with E-state index in [2.05, 4.69) is 10.3 Å². The van der Waals surface area contributed by atoms with Crippen molar-refractivity contribution < 1.29 is 19.1 Å². The van der Waals surface area contributed by atoms with Crippen LogP contribution >= 0.6 is 0 Å². The predicted molar refractivity (Wildman–Crippen MR) is 67.4 cm³/mol. The number of fused-ring (bicyclic) bond motifs is 1. The number of carboxylic acids is 1. The Morgan fingerprint density at radius 2 is 2.21 bits per heavy atom. The number of carbonyl (C=O) groups excluding carboxylic acids is 1. The van der Waals surface area contributed by atoms with Crippen molar-refractivity contribution in [3.05, 3.63) is 35.8 Å². The molecular weight excluding hydrogens is 251 g/mol. The lowest BCUT2D eigenvalue weighted by atomic mass is 10.2. The number of benzene rings is 1. The summed E-state index contributed by atoms with van der Waals surface area (Å²) in [6.07, 6.45) is 0.273. The highest BCUT2D eigenvalue weighted by Gasteiger charge is 2.19. The Balaban J connectivity index is 2.27. The Bertz CT molecular complexity index is 636. The van der Waals surface area contributed by atoms with Gasteiger partial charge in [0.15, 0.2) is 0 Å². The topological polar surface area (TPSA) is 82.2 Å². The second-order valence-corrected chi connectivity index (χ2v) is 4.16. The average Bonchev–Trinajstić information content (AvgIpc) is 2.80. The van der Waals surface area contributed by atoms with Crippen molar-refractivity contribution >= 4 is 22.8 Å². The number of halogens is 1. The number of H-pyrrole nitrogens is 1. The molecule has 0 aliphatic rings. The van der Waals surface area contributed by atoms with Crippen molar-refractivity contribution in [1.82, 2.24) is 10.3 Å². The van der Waals surface area contributed by atoms with Gasteiger partial charge in [0.05, 0.1) is 5.52 Å². The monoisotopic (exact) mass is 264 g/mol. The second-order valence-electron chi connectivity index (χ2n) is 4.16. The van der Waals surface area contributed by atoms with Crippen LogP contribution in [0.3, 0.4) is 0 Å². The highest BCUT2D eigenvalue weighted by Crippen LogP contribution is 2.18. The zero-order valence-corrected chi connectivity index (χ0v) is 10.2. The average molecular weight is 264 g/mol. The van der Waals surface area contributed by atoms with Gasteiger partial charge < -0.3 is 15.4 Å². The third kappa shape index (κ3) is 2.57. The highest BCUT2D eigenvalue weighted by atomic mass is 19.1. The van der Waals surface area contributed by atoms with Crippen LogP contribution in [0.25, 0.3) is 10.9 Å². The lowest BCUT2D eigenvalue weighted by Gasteiger charge is -2.10. The molecule has 0 saturated heterocycles. The van der Waals surface area contributed by atoms with Crippen LogP contribution in [-0.2, 0) is 4.79 Å². The number of carboxylic acid groups (broad SMARTS) is 1. The number of rotatable bonds is 4. The predicted octanol–water partition coefficient (Wildman–Crippen LogP) is 1.90. The molecule has 0 bridgehead atoms. The summed E-state index contributed by atoms with van der Waals surface area (Å²) in [5, 5.41) is 11.8. The molecule has 0 spiro atoms. The van der Waals surface area contributed by atoms with E-state index in [0.29, 0.717) is 5.39 Å². The van der Waals surface area contributed by atoms with Gasteiger partial charge in [-0.05, 0) is 18.6 Å². The molecule has 1 aromatic carbocycles. The largest absolute Gasteiger partial charge is 0.480 e. The van der Waals surface area contributed by atoms with E-state index < -0.39 is 23.7 Å². The van der Waals surface area contributed by atoms with E-state index in [9.17, 15) is 14.0 Å². The molecule has 2 rings (SSSR count). The minimum Gasteiger partial charge on any atom is -0.480 e. The summed E-state index contributed by atoms with van der Waals surface area (Å²) in [4.78, 5) is 25.4. The Morgan fingerprint density at radius 1 is 1.47 bits per heavy atom. The molecule has 2 aromatic rings. The quantitative estimate of drug-likeness (QED) is 0.788. The molecular formula is C13H13FN2O3. The van der Waals surface area contributed by atoms with Gasteiger partial charge in [-0.15, -0.1) is 0 Å². The molecule has 0 aliphatic heterocycles. The Morgan fingerprint density at radius 3 is 2.79 bits per heavy atom. The van der Waals surface area contributed by atoms with Crippen molar-refractivity contribution in [2.45, 2.75) is 19.4 Å². The van der Waals surface area contributed by atoms with Gasteiger partial charge in [-0.25, -0.2) is 9.18 Å². The Kier molecular flexibility index (Phi) is 3.50. The first-order valence-electron chi connectivity index (χ1n) is 5.83. The van der Waals surface area contributed by atoms with Gasteiger partial charge in [0.2, 0.25) is 0 Å². The van der Waals surface area contributed by atoms with Crippen LogP contribution in [0.15, 0.2) is 24.3 Å². The van der Waals surface area contributed by atoms with Gasteiger partial charge >= 0.3 is 5.97 Å². The zero-order chi connectivity index (χ0) is 14.0. The summed E-state index contributed by atoms with van der Waals surface area (Å²) in [6, 6.07) is 5.03. The van der Waals surface area contributed by atoms with Gasteiger partial charge in [0.25, 0.3) is 5.91 Å². The number of carbonyl (C=O) groups is 2. The summed E-state index contributed by atoms with van der Waals surface area (Å²) in [5.74, 6) is -2.12. The summed E-state index contributed by atoms with van der Waals surface area (Å²) in [6.45, 7) is 1.66. The van der Waals surface area contributed by atoms with E-state index in [-0.39, 0.29) is 17.6 Å². The number of aromatic amines is 1. The van der Waals surface area contributed by atoms with Crippen LogP contribution in [0.1, 0.15) is 23.8 Å². The SMILES string of the molecule is CCC(NC(=O)c1cc2cccc(F)c2[nH]1)C(=O)O. The third-order valence-electron chi connectivity index (χ3n) is 2.86. The molecule has 1 heterocycles. The minimum absolute atomic E-state index is 0.139. The van der Waals surface area contributed by atoms with Gasteiger partial charge in [-0.1, -0.05) is 19.1 Å². The first kappa shape index (κ1) is 13.1. The third-order valence-corrected chi connectivity index (χ3v) is 2.86. The highest BCUT2D eigenvalue weighted by molar-refractivity contribution is 5.99. The lowest BCUT2D eigenvalue weighted by molar-refractivity contribution is -0.139. The van der Waals surface area contributed by atoms with Crippen LogP contribution in [0, 0.1) is 5.82 Å². The second kappa shape index (κ2) is 5.09. The van der Waals surface area contributed by atoms with Gasteiger partial charge in [-0.3, -0.25) is 4.79 Å². The number of aliphatic carboxylic acids is 1. The van der Waals surface area contributed by atoms with E-state index >= 15 is 0 Å². The maximum Gasteiger partial charge on any atom is 0.326 e. The van der Waals surface area contributed by atoms with Crippen LogP contribution in [0.5, 0.6) is 0 Å². The van der Waals surface area contributed by atoms with Crippen molar-refractivity contribution in [1.29, 1.82) is 0 Å². The molecule has 19 heavy (non-hydrogen) atoms. The van der Waals surface area contributed by atoms with E-state index in [1.807, 2.05) is 0 Å². The van der Waals surface area contributed by atoms with Crippen LogP contribution in [-0.4, -0.2) is 28.0 Å².